The molecule has 0 aliphatic heterocycles. The normalized spacial score (nSPS) is 12.1. The SMILES string of the molecule is COc1ccc(C(C)C(=O)N(NCCc2ccc(O)c(NS(C)(=O)=O)c2O)c2ccc(-c3ncco3)c(Cl)c2)cc1. The Morgan fingerprint density at radius 3 is 2.49 bits per heavy atom. The number of anilines is 2. The van der Waals surface area contributed by atoms with Crippen LogP contribution in [0.3, 0.4) is 0 Å². The fourth-order valence-corrected chi connectivity index (χ4v) is 4.94. The van der Waals surface area contributed by atoms with Crippen molar-refractivity contribution in [1.82, 2.24) is 10.4 Å². The number of hydrogen-bond acceptors (Lipinski definition) is 9. The molecule has 0 aliphatic rings. The Morgan fingerprint density at radius 2 is 1.88 bits per heavy atom. The fraction of sp³-hybridized carbons (Fsp3) is 0.214. The number of hydrazine groups is 1. The lowest BCUT2D eigenvalue weighted by molar-refractivity contribution is -0.120. The number of carbonyl (C=O) groups is 1. The first-order valence-electron chi connectivity index (χ1n) is 12.4. The molecule has 4 aromatic rings. The van der Waals surface area contributed by atoms with Gasteiger partial charge in [0.2, 0.25) is 21.8 Å². The summed E-state index contributed by atoms with van der Waals surface area (Å²) in [5.41, 5.74) is 4.88. The maximum Gasteiger partial charge on any atom is 0.248 e. The molecule has 4 rings (SSSR count). The molecule has 3 aromatic carbocycles. The van der Waals surface area contributed by atoms with Crippen LogP contribution in [0.15, 0.2) is 71.5 Å². The van der Waals surface area contributed by atoms with Gasteiger partial charge in [0.05, 0.1) is 41.8 Å². The first-order valence-corrected chi connectivity index (χ1v) is 14.7. The van der Waals surface area contributed by atoms with E-state index in [1.807, 2.05) is 12.1 Å². The molecule has 216 valence electrons. The Balaban J connectivity index is 1.61. The number of rotatable bonds is 11. The van der Waals surface area contributed by atoms with Crippen molar-refractivity contribution in [3.8, 4) is 28.7 Å². The van der Waals surface area contributed by atoms with Crippen molar-refractivity contribution in [3.05, 3.63) is 83.2 Å². The highest BCUT2D eigenvalue weighted by atomic mass is 35.5. The molecule has 0 saturated heterocycles. The molecule has 11 nitrogen and oxygen atoms in total. The van der Waals surface area contributed by atoms with Gasteiger partial charge in [0.15, 0.2) is 0 Å². The van der Waals surface area contributed by atoms with Gasteiger partial charge >= 0.3 is 0 Å². The van der Waals surface area contributed by atoms with Crippen LogP contribution < -0.4 is 19.9 Å². The predicted molar refractivity (Wildman–Crippen MR) is 156 cm³/mol. The average molecular weight is 601 g/mol. The van der Waals surface area contributed by atoms with Gasteiger partial charge in [0.1, 0.15) is 29.2 Å². The third kappa shape index (κ3) is 7.09. The van der Waals surface area contributed by atoms with Gasteiger partial charge in [0, 0.05) is 6.54 Å². The second kappa shape index (κ2) is 12.5. The van der Waals surface area contributed by atoms with E-state index in [4.69, 9.17) is 20.8 Å². The molecule has 1 atom stereocenters. The van der Waals surface area contributed by atoms with Crippen molar-refractivity contribution >= 4 is 38.9 Å². The number of aromatic hydroxyl groups is 2. The van der Waals surface area contributed by atoms with E-state index in [0.717, 1.165) is 11.8 Å². The van der Waals surface area contributed by atoms with Crippen molar-refractivity contribution in [2.75, 3.05) is 29.6 Å². The van der Waals surface area contributed by atoms with Crippen molar-refractivity contribution in [3.63, 3.8) is 0 Å². The maximum absolute atomic E-state index is 13.8. The number of methoxy groups -OCH3 is 1. The maximum atomic E-state index is 13.8. The molecule has 13 heteroatoms. The van der Waals surface area contributed by atoms with Gasteiger partial charge in [0.25, 0.3) is 0 Å². The zero-order valence-corrected chi connectivity index (χ0v) is 24.0. The number of amides is 1. The molecule has 0 fully saturated rings. The summed E-state index contributed by atoms with van der Waals surface area (Å²) in [5.74, 6) is -0.692. The van der Waals surface area contributed by atoms with Crippen LogP contribution in [-0.2, 0) is 21.2 Å². The molecule has 1 unspecified atom stereocenters. The Labute approximate surface area is 242 Å². The number of nitrogens with one attached hydrogen (secondary N) is 2. The smallest absolute Gasteiger partial charge is 0.248 e. The van der Waals surface area contributed by atoms with Gasteiger partial charge in [-0.25, -0.2) is 23.8 Å². The van der Waals surface area contributed by atoms with Gasteiger partial charge < -0.3 is 19.4 Å². The van der Waals surface area contributed by atoms with Gasteiger partial charge in [-0.05, 0) is 60.9 Å². The van der Waals surface area contributed by atoms with E-state index in [-0.39, 0.29) is 24.6 Å². The summed E-state index contributed by atoms with van der Waals surface area (Å²) in [7, 11) is -2.19. The van der Waals surface area contributed by atoms with Crippen molar-refractivity contribution < 1.29 is 32.6 Å². The number of benzene rings is 3. The van der Waals surface area contributed by atoms with Crippen LogP contribution >= 0.6 is 11.6 Å². The van der Waals surface area contributed by atoms with Crippen LogP contribution in [-0.4, -0.2) is 49.4 Å². The van der Waals surface area contributed by atoms with Crippen LogP contribution in [0.1, 0.15) is 24.0 Å². The zero-order valence-electron chi connectivity index (χ0n) is 22.5. The average Bonchev–Trinajstić information content (AvgIpc) is 3.48. The Kier molecular flexibility index (Phi) is 9.06. The number of hydrogen-bond donors (Lipinski definition) is 4. The van der Waals surface area contributed by atoms with E-state index in [1.54, 1.807) is 44.4 Å². The number of halogens is 1. The summed E-state index contributed by atoms with van der Waals surface area (Å²) in [6.07, 6.45) is 4.02. The second-order valence-corrected chi connectivity index (χ2v) is 11.3. The molecule has 1 heterocycles. The van der Waals surface area contributed by atoms with Crippen molar-refractivity contribution in [2.24, 2.45) is 0 Å². The summed E-state index contributed by atoms with van der Waals surface area (Å²) in [4.78, 5) is 17.9. The van der Waals surface area contributed by atoms with E-state index < -0.39 is 27.4 Å². The topological polar surface area (TPSA) is 154 Å². The Bertz CT molecular complexity index is 1630. The Morgan fingerprint density at radius 1 is 1.15 bits per heavy atom. The molecule has 0 radical (unpaired) electrons. The van der Waals surface area contributed by atoms with Gasteiger partial charge in [-0.3, -0.25) is 9.52 Å². The highest BCUT2D eigenvalue weighted by Crippen LogP contribution is 2.37. The van der Waals surface area contributed by atoms with E-state index >= 15 is 0 Å². The number of sulfonamides is 1. The van der Waals surface area contributed by atoms with E-state index in [0.29, 0.717) is 33.5 Å². The summed E-state index contributed by atoms with van der Waals surface area (Å²) < 4.78 is 36.0. The van der Waals surface area contributed by atoms with Crippen LogP contribution in [0.25, 0.3) is 11.5 Å². The molecular weight excluding hydrogens is 572 g/mol. The number of ether oxygens (including phenoxy) is 1. The van der Waals surface area contributed by atoms with Gasteiger partial charge in [-0.15, -0.1) is 0 Å². The molecule has 0 saturated carbocycles. The molecular formula is C28H29ClN4O7S. The lowest BCUT2D eigenvalue weighted by atomic mass is 9.99. The summed E-state index contributed by atoms with van der Waals surface area (Å²) in [6.45, 7) is 1.92. The number of phenolic OH excluding ortho intramolecular Hbond substituents is 2. The van der Waals surface area contributed by atoms with Crippen molar-refractivity contribution in [1.29, 1.82) is 0 Å². The molecule has 41 heavy (non-hydrogen) atoms. The number of phenols is 2. The zero-order chi connectivity index (χ0) is 29.7. The number of carbonyl (C=O) groups excluding carboxylic acids is 1. The van der Waals surface area contributed by atoms with E-state index in [9.17, 15) is 23.4 Å². The van der Waals surface area contributed by atoms with Crippen LogP contribution in [0.5, 0.6) is 17.2 Å². The summed E-state index contributed by atoms with van der Waals surface area (Å²) in [6, 6.07) is 14.9. The first kappa shape index (κ1) is 29.7. The lowest BCUT2D eigenvalue weighted by Crippen LogP contribution is -2.46. The Hall–Kier alpha value is -4.26. The minimum Gasteiger partial charge on any atom is -0.506 e. The third-order valence-electron chi connectivity index (χ3n) is 6.27. The fourth-order valence-electron chi connectivity index (χ4n) is 4.11. The number of oxazole rings is 1. The highest BCUT2D eigenvalue weighted by Gasteiger charge is 2.25. The third-order valence-corrected chi connectivity index (χ3v) is 7.16. The van der Waals surface area contributed by atoms with E-state index in [2.05, 4.69) is 15.1 Å². The van der Waals surface area contributed by atoms with Crippen molar-refractivity contribution in [2.45, 2.75) is 19.3 Å². The minimum atomic E-state index is -3.75. The molecule has 4 N–H and O–H groups in total. The number of aromatic nitrogens is 1. The first-order chi connectivity index (χ1) is 19.5. The molecule has 1 amide bonds. The monoisotopic (exact) mass is 600 g/mol. The largest absolute Gasteiger partial charge is 0.506 e. The summed E-state index contributed by atoms with van der Waals surface area (Å²) >= 11 is 6.54. The molecule has 0 spiro atoms. The second-order valence-electron chi connectivity index (χ2n) is 9.17. The van der Waals surface area contributed by atoms with Gasteiger partial charge in [-0.1, -0.05) is 29.8 Å². The van der Waals surface area contributed by atoms with Crippen LogP contribution in [0.4, 0.5) is 11.4 Å². The lowest BCUT2D eigenvalue weighted by Gasteiger charge is -2.27. The highest BCUT2D eigenvalue weighted by molar-refractivity contribution is 7.92. The standard InChI is InChI=1S/C28H29ClN4O7S/c1-17(18-4-8-21(39-2)9-5-18)28(36)33(20-7-10-22(23(29)16-20)27-30-14-15-40-27)31-13-12-19-6-11-24(34)25(26(19)35)32-41(3,37)38/h4-11,14-17,31-32,34-35H,12-13H2,1-3H3. The van der Waals surface area contributed by atoms with Gasteiger partial charge in [-0.2, -0.15) is 0 Å². The van der Waals surface area contributed by atoms with Crippen LogP contribution in [0.2, 0.25) is 5.02 Å². The minimum absolute atomic E-state index is 0.150. The number of nitrogens with zero attached hydrogens (tertiary/aromatic N) is 2. The summed E-state index contributed by atoms with van der Waals surface area (Å²) in [5, 5.41) is 22.4. The quantitative estimate of drug-likeness (QED) is 0.142. The molecule has 0 bridgehead atoms. The molecule has 1 aromatic heterocycles. The van der Waals surface area contributed by atoms with E-state index in [1.165, 1.54) is 29.6 Å². The van der Waals surface area contributed by atoms with Crippen LogP contribution in [0, 0.1) is 0 Å². The predicted octanol–water partition coefficient (Wildman–Crippen LogP) is 4.67. The molecule has 0 aliphatic carbocycles.